The lowest BCUT2D eigenvalue weighted by Gasteiger charge is -2.36. The van der Waals surface area contributed by atoms with E-state index in [0.29, 0.717) is 6.61 Å². The molecule has 160 valence electrons. The van der Waals surface area contributed by atoms with Crippen molar-refractivity contribution in [2.24, 2.45) is 0 Å². The Balaban J connectivity index is 1.18. The van der Waals surface area contributed by atoms with Gasteiger partial charge in [-0.15, -0.1) is 0 Å². The predicted molar refractivity (Wildman–Crippen MR) is 119 cm³/mol. The molecular weight excluding hydrogens is 376 g/mol. The second-order valence-electron chi connectivity index (χ2n) is 8.14. The third kappa shape index (κ3) is 5.28. The van der Waals surface area contributed by atoms with Crippen LogP contribution in [0.5, 0.6) is 5.75 Å². The molecule has 0 spiro atoms. The SMILES string of the molecule is Cc1cccc(C)c1OCCN1CCN(C2=COC(CC3=CC=CCC3)=CO2)CC1. The van der Waals surface area contributed by atoms with Crippen LogP contribution in [0.15, 0.2) is 66.2 Å². The monoisotopic (exact) mass is 408 g/mol. The van der Waals surface area contributed by atoms with Gasteiger partial charge in [0.05, 0.1) is 0 Å². The number of hydrogen-bond acceptors (Lipinski definition) is 5. The van der Waals surface area contributed by atoms with Crippen molar-refractivity contribution in [2.45, 2.75) is 33.1 Å². The van der Waals surface area contributed by atoms with Crippen LogP contribution in [0, 0.1) is 13.8 Å². The Kier molecular flexibility index (Phi) is 6.80. The molecule has 1 aliphatic carbocycles. The zero-order chi connectivity index (χ0) is 20.8. The number of allylic oxidation sites excluding steroid dienone is 4. The van der Waals surface area contributed by atoms with E-state index in [4.69, 9.17) is 14.2 Å². The summed E-state index contributed by atoms with van der Waals surface area (Å²) in [4.78, 5) is 4.69. The highest BCUT2D eigenvalue weighted by Gasteiger charge is 2.22. The van der Waals surface area contributed by atoms with Crippen LogP contribution in [0.2, 0.25) is 0 Å². The summed E-state index contributed by atoms with van der Waals surface area (Å²) in [6.45, 7) is 9.69. The number of ether oxygens (including phenoxy) is 3. The second-order valence-corrected chi connectivity index (χ2v) is 8.14. The van der Waals surface area contributed by atoms with Gasteiger partial charge in [0.1, 0.15) is 24.4 Å². The topological polar surface area (TPSA) is 34.2 Å². The quantitative estimate of drug-likeness (QED) is 0.656. The number of aryl methyl sites for hydroxylation is 2. The summed E-state index contributed by atoms with van der Waals surface area (Å²) >= 11 is 0. The minimum Gasteiger partial charge on any atom is -0.492 e. The van der Waals surface area contributed by atoms with Crippen molar-refractivity contribution < 1.29 is 14.2 Å². The van der Waals surface area contributed by atoms with Gasteiger partial charge in [-0.2, -0.15) is 0 Å². The normalized spacial score (nSPS) is 19.4. The summed E-state index contributed by atoms with van der Waals surface area (Å²) < 4.78 is 17.8. The average molecular weight is 409 g/mol. The highest BCUT2D eigenvalue weighted by Crippen LogP contribution is 2.25. The highest BCUT2D eigenvalue weighted by molar-refractivity contribution is 5.39. The molecule has 30 heavy (non-hydrogen) atoms. The fourth-order valence-electron chi connectivity index (χ4n) is 4.06. The summed E-state index contributed by atoms with van der Waals surface area (Å²) in [6.07, 6.45) is 13.1. The molecule has 0 aromatic heterocycles. The zero-order valence-electron chi connectivity index (χ0n) is 18.1. The summed E-state index contributed by atoms with van der Waals surface area (Å²) in [5, 5.41) is 0. The van der Waals surface area contributed by atoms with Crippen LogP contribution in [0.25, 0.3) is 0 Å². The van der Waals surface area contributed by atoms with Crippen LogP contribution in [0.3, 0.4) is 0 Å². The highest BCUT2D eigenvalue weighted by atomic mass is 16.6. The van der Waals surface area contributed by atoms with Gasteiger partial charge in [-0.05, 0) is 37.8 Å². The first-order valence-corrected chi connectivity index (χ1v) is 10.9. The molecule has 0 unspecified atom stereocenters. The van der Waals surface area contributed by atoms with Crippen LogP contribution >= 0.6 is 0 Å². The smallest absolute Gasteiger partial charge is 0.231 e. The molecule has 0 atom stereocenters. The lowest BCUT2D eigenvalue weighted by molar-refractivity contribution is 0.0768. The fourth-order valence-corrected chi connectivity index (χ4v) is 4.06. The molecule has 5 heteroatoms. The van der Waals surface area contributed by atoms with Gasteiger partial charge in [-0.1, -0.05) is 42.0 Å². The van der Waals surface area contributed by atoms with Crippen molar-refractivity contribution in [3.05, 3.63) is 77.3 Å². The maximum Gasteiger partial charge on any atom is 0.231 e. The van der Waals surface area contributed by atoms with Gasteiger partial charge in [0.15, 0.2) is 6.26 Å². The minimum atomic E-state index is 0.713. The van der Waals surface area contributed by atoms with Crippen LogP contribution in [-0.4, -0.2) is 49.1 Å². The molecule has 0 radical (unpaired) electrons. The van der Waals surface area contributed by atoms with Crippen molar-refractivity contribution in [3.63, 3.8) is 0 Å². The fraction of sp³-hybridized carbons (Fsp3) is 0.440. The number of rotatable bonds is 7. The summed E-state index contributed by atoms with van der Waals surface area (Å²) in [7, 11) is 0. The van der Waals surface area contributed by atoms with E-state index in [2.05, 4.69) is 60.1 Å². The number of benzene rings is 1. The van der Waals surface area contributed by atoms with E-state index in [1.807, 2.05) is 0 Å². The number of piperazine rings is 1. The van der Waals surface area contributed by atoms with E-state index in [9.17, 15) is 0 Å². The Morgan fingerprint density at radius 3 is 2.47 bits per heavy atom. The molecule has 3 aliphatic rings. The van der Waals surface area contributed by atoms with Crippen molar-refractivity contribution in [1.82, 2.24) is 9.80 Å². The third-order valence-corrected chi connectivity index (χ3v) is 5.87. The first-order valence-electron chi connectivity index (χ1n) is 10.9. The average Bonchev–Trinajstić information content (AvgIpc) is 2.78. The van der Waals surface area contributed by atoms with Gasteiger partial charge in [-0.3, -0.25) is 4.90 Å². The Hall–Kier alpha value is -2.66. The molecular formula is C25H32N2O3. The molecule has 0 amide bonds. The number of hydrogen-bond donors (Lipinski definition) is 0. The van der Waals surface area contributed by atoms with E-state index in [0.717, 1.165) is 69.4 Å². The number of nitrogens with zero attached hydrogens (tertiary/aromatic N) is 2. The van der Waals surface area contributed by atoms with Gasteiger partial charge in [-0.25, -0.2) is 0 Å². The first-order chi connectivity index (χ1) is 14.7. The zero-order valence-corrected chi connectivity index (χ0v) is 18.1. The van der Waals surface area contributed by atoms with Crippen molar-refractivity contribution >= 4 is 0 Å². The Morgan fingerprint density at radius 1 is 1.00 bits per heavy atom. The Morgan fingerprint density at radius 2 is 1.80 bits per heavy atom. The molecule has 2 aliphatic heterocycles. The molecule has 5 nitrogen and oxygen atoms in total. The van der Waals surface area contributed by atoms with Gasteiger partial charge >= 0.3 is 0 Å². The van der Waals surface area contributed by atoms with Gasteiger partial charge in [0, 0.05) is 39.1 Å². The number of para-hydroxylation sites is 1. The van der Waals surface area contributed by atoms with E-state index in [-0.39, 0.29) is 0 Å². The molecule has 1 fully saturated rings. The minimum absolute atomic E-state index is 0.713. The molecule has 1 saturated heterocycles. The van der Waals surface area contributed by atoms with E-state index < -0.39 is 0 Å². The van der Waals surface area contributed by atoms with E-state index in [1.54, 1.807) is 12.5 Å². The van der Waals surface area contributed by atoms with Crippen LogP contribution in [-0.2, 0) is 9.47 Å². The van der Waals surface area contributed by atoms with Gasteiger partial charge in [0.2, 0.25) is 5.88 Å². The maximum atomic E-state index is 6.06. The first kappa shape index (κ1) is 20.6. The van der Waals surface area contributed by atoms with Crippen molar-refractivity contribution in [2.75, 3.05) is 39.3 Å². The Bertz CT molecular complexity index is 841. The van der Waals surface area contributed by atoms with Crippen LogP contribution in [0.1, 0.15) is 30.4 Å². The summed E-state index contributed by atoms with van der Waals surface area (Å²) in [6, 6.07) is 6.28. The standard InChI is InChI=1S/C25H32N2O3/c1-20-7-6-8-21(2)25(20)28-16-15-26-11-13-27(14-12-26)24-19-29-23(18-30-24)17-22-9-4-3-5-10-22/h3-4,6-9,18-19H,5,10-17H2,1-2H3. The van der Waals surface area contributed by atoms with Crippen LogP contribution < -0.4 is 4.74 Å². The molecule has 0 bridgehead atoms. The molecule has 0 saturated carbocycles. The van der Waals surface area contributed by atoms with Crippen molar-refractivity contribution in [1.29, 1.82) is 0 Å². The van der Waals surface area contributed by atoms with E-state index in [1.165, 1.54) is 16.7 Å². The Labute approximate surface area is 179 Å². The van der Waals surface area contributed by atoms with Gasteiger partial charge in [0.25, 0.3) is 0 Å². The van der Waals surface area contributed by atoms with Crippen molar-refractivity contribution in [3.8, 4) is 5.75 Å². The lowest BCUT2D eigenvalue weighted by Crippen LogP contribution is -2.47. The molecule has 0 N–H and O–H groups in total. The van der Waals surface area contributed by atoms with E-state index >= 15 is 0 Å². The van der Waals surface area contributed by atoms with Crippen LogP contribution in [0.4, 0.5) is 0 Å². The molecule has 1 aromatic carbocycles. The van der Waals surface area contributed by atoms with Gasteiger partial charge < -0.3 is 19.1 Å². The molecule has 2 heterocycles. The summed E-state index contributed by atoms with van der Waals surface area (Å²) in [5.74, 6) is 2.71. The summed E-state index contributed by atoms with van der Waals surface area (Å²) in [5.41, 5.74) is 3.79. The molecule has 1 aromatic rings. The third-order valence-electron chi connectivity index (χ3n) is 5.87. The maximum absolute atomic E-state index is 6.06. The largest absolute Gasteiger partial charge is 0.492 e. The molecule has 4 rings (SSSR count). The lowest BCUT2D eigenvalue weighted by atomic mass is 10.0. The second kappa shape index (κ2) is 9.90. The predicted octanol–water partition coefficient (Wildman–Crippen LogP) is 4.65.